The number of sulfonamides is 1. The van der Waals surface area contributed by atoms with Crippen molar-refractivity contribution in [1.82, 2.24) is 0 Å². The highest BCUT2D eigenvalue weighted by molar-refractivity contribution is 7.92. The monoisotopic (exact) mass is 426 g/mol. The van der Waals surface area contributed by atoms with Gasteiger partial charge in [0.05, 0.1) is 24.3 Å². The molecule has 0 saturated heterocycles. The first-order chi connectivity index (χ1) is 14.4. The Labute approximate surface area is 175 Å². The number of hydrogen-bond donors (Lipinski definition) is 2. The van der Waals surface area contributed by atoms with Crippen LogP contribution in [0.4, 0.5) is 11.4 Å². The van der Waals surface area contributed by atoms with Crippen LogP contribution in [0.25, 0.3) is 0 Å². The average Bonchev–Trinajstić information content (AvgIpc) is 2.75. The zero-order valence-corrected chi connectivity index (χ0v) is 17.4. The normalized spacial score (nSPS) is 10.9. The molecule has 156 valence electrons. The molecule has 30 heavy (non-hydrogen) atoms. The second kappa shape index (κ2) is 9.32. The van der Waals surface area contributed by atoms with Gasteiger partial charge < -0.3 is 14.8 Å². The van der Waals surface area contributed by atoms with Crippen LogP contribution < -0.4 is 19.5 Å². The first-order valence-electron chi connectivity index (χ1n) is 9.23. The molecule has 2 N–H and O–H groups in total. The van der Waals surface area contributed by atoms with Crippen LogP contribution in [0.3, 0.4) is 0 Å². The van der Waals surface area contributed by atoms with E-state index in [0.29, 0.717) is 29.5 Å². The van der Waals surface area contributed by atoms with Crippen molar-refractivity contribution < 1.29 is 22.7 Å². The predicted octanol–water partition coefficient (Wildman–Crippen LogP) is 4.15. The molecular formula is C22H22N2O5S. The summed E-state index contributed by atoms with van der Waals surface area (Å²) in [6, 6.07) is 19.4. The van der Waals surface area contributed by atoms with Crippen LogP contribution in [0.2, 0.25) is 0 Å². The van der Waals surface area contributed by atoms with E-state index < -0.39 is 15.9 Å². The molecular weight excluding hydrogens is 404 g/mol. The van der Waals surface area contributed by atoms with Crippen molar-refractivity contribution in [1.29, 1.82) is 0 Å². The third-order valence-electron chi connectivity index (χ3n) is 4.18. The molecule has 0 aromatic heterocycles. The van der Waals surface area contributed by atoms with E-state index in [-0.39, 0.29) is 10.5 Å². The molecule has 0 saturated carbocycles. The van der Waals surface area contributed by atoms with Gasteiger partial charge in [-0.05, 0) is 61.5 Å². The van der Waals surface area contributed by atoms with Gasteiger partial charge in [-0.25, -0.2) is 8.42 Å². The number of rotatable bonds is 8. The predicted molar refractivity (Wildman–Crippen MR) is 116 cm³/mol. The third kappa shape index (κ3) is 5.09. The summed E-state index contributed by atoms with van der Waals surface area (Å²) < 4.78 is 38.6. The smallest absolute Gasteiger partial charge is 0.261 e. The molecule has 0 atom stereocenters. The fraction of sp³-hybridized carbons (Fsp3) is 0.136. The fourth-order valence-electron chi connectivity index (χ4n) is 2.75. The molecule has 0 radical (unpaired) electrons. The van der Waals surface area contributed by atoms with Crippen LogP contribution in [0, 0.1) is 0 Å². The molecule has 8 heteroatoms. The summed E-state index contributed by atoms with van der Waals surface area (Å²) in [5.74, 6) is 0.708. The number of para-hydroxylation sites is 2. The topological polar surface area (TPSA) is 93.7 Å². The van der Waals surface area contributed by atoms with Crippen molar-refractivity contribution in [2.45, 2.75) is 11.8 Å². The number of benzene rings is 3. The standard InChI is InChI=1S/C22H22N2O5S/c1-3-29-18-13-11-17(12-14-18)24-30(26,27)19-8-6-7-16(15-19)22(25)23-20-9-4-5-10-21(20)28-2/h4-15,24H,3H2,1-2H3,(H,23,25). The summed E-state index contributed by atoms with van der Waals surface area (Å²) in [7, 11) is -2.37. The maximum atomic E-state index is 12.8. The Morgan fingerprint density at radius 1 is 0.967 bits per heavy atom. The van der Waals surface area contributed by atoms with Gasteiger partial charge in [0.2, 0.25) is 0 Å². The number of hydrogen-bond acceptors (Lipinski definition) is 5. The van der Waals surface area contributed by atoms with Crippen LogP contribution in [0.1, 0.15) is 17.3 Å². The minimum Gasteiger partial charge on any atom is -0.495 e. The summed E-state index contributed by atoms with van der Waals surface area (Å²) in [5.41, 5.74) is 1.09. The molecule has 0 fully saturated rings. The number of anilines is 2. The van der Waals surface area contributed by atoms with Gasteiger partial charge >= 0.3 is 0 Å². The lowest BCUT2D eigenvalue weighted by atomic mass is 10.2. The van der Waals surface area contributed by atoms with Gasteiger partial charge in [-0.1, -0.05) is 18.2 Å². The second-order valence-corrected chi connectivity index (χ2v) is 7.93. The van der Waals surface area contributed by atoms with Gasteiger partial charge in [-0.15, -0.1) is 0 Å². The molecule has 0 aliphatic rings. The second-order valence-electron chi connectivity index (χ2n) is 6.25. The van der Waals surface area contributed by atoms with E-state index in [1.165, 1.54) is 25.3 Å². The van der Waals surface area contributed by atoms with E-state index in [9.17, 15) is 13.2 Å². The van der Waals surface area contributed by atoms with E-state index in [2.05, 4.69) is 10.0 Å². The molecule has 0 unspecified atom stereocenters. The molecule has 3 rings (SSSR count). The Morgan fingerprint density at radius 3 is 2.40 bits per heavy atom. The van der Waals surface area contributed by atoms with Crippen LogP contribution >= 0.6 is 0 Å². The molecule has 0 bridgehead atoms. The molecule has 1 amide bonds. The van der Waals surface area contributed by atoms with Crippen molar-refractivity contribution in [3.8, 4) is 11.5 Å². The van der Waals surface area contributed by atoms with Crippen molar-refractivity contribution in [2.75, 3.05) is 23.8 Å². The highest BCUT2D eigenvalue weighted by Crippen LogP contribution is 2.24. The summed E-state index contributed by atoms with van der Waals surface area (Å²) in [4.78, 5) is 12.6. The molecule has 0 heterocycles. The lowest BCUT2D eigenvalue weighted by Gasteiger charge is -2.12. The number of carbonyl (C=O) groups is 1. The molecule has 3 aromatic rings. The lowest BCUT2D eigenvalue weighted by molar-refractivity contribution is 0.102. The lowest BCUT2D eigenvalue weighted by Crippen LogP contribution is -2.16. The number of amides is 1. The molecule has 0 spiro atoms. The van der Waals surface area contributed by atoms with Gasteiger partial charge in [0.1, 0.15) is 11.5 Å². The molecule has 3 aromatic carbocycles. The van der Waals surface area contributed by atoms with Crippen LogP contribution in [-0.4, -0.2) is 28.0 Å². The van der Waals surface area contributed by atoms with Crippen LogP contribution in [-0.2, 0) is 10.0 Å². The number of methoxy groups -OCH3 is 1. The zero-order valence-electron chi connectivity index (χ0n) is 16.6. The van der Waals surface area contributed by atoms with E-state index in [1.54, 1.807) is 54.6 Å². The van der Waals surface area contributed by atoms with Crippen molar-refractivity contribution in [2.24, 2.45) is 0 Å². The van der Waals surface area contributed by atoms with E-state index >= 15 is 0 Å². The van der Waals surface area contributed by atoms with Crippen LogP contribution in [0.15, 0.2) is 77.7 Å². The summed E-state index contributed by atoms with van der Waals surface area (Å²) >= 11 is 0. The average molecular weight is 426 g/mol. The first kappa shape index (κ1) is 21.2. The third-order valence-corrected chi connectivity index (χ3v) is 5.56. The Hall–Kier alpha value is -3.52. The van der Waals surface area contributed by atoms with Crippen molar-refractivity contribution >= 4 is 27.3 Å². The first-order valence-corrected chi connectivity index (χ1v) is 10.7. The fourth-order valence-corrected chi connectivity index (χ4v) is 3.85. The quantitative estimate of drug-likeness (QED) is 0.564. The molecule has 0 aliphatic heterocycles. The highest BCUT2D eigenvalue weighted by atomic mass is 32.2. The molecule has 7 nitrogen and oxygen atoms in total. The summed E-state index contributed by atoms with van der Waals surface area (Å²) in [6.07, 6.45) is 0. The van der Waals surface area contributed by atoms with Gasteiger partial charge in [0.25, 0.3) is 15.9 Å². The van der Waals surface area contributed by atoms with E-state index in [0.717, 1.165) is 0 Å². The van der Waals surface area contributed by atoms with Gasteiger partial charge in [-0.3, -0.25) is 9.52 Å². The maximum Gasteiger partial charge on any atom is 0.261 e. The number of ether oxygens (including phenoxy) is 2. The maximum absolute atomic E-state index is 12.8. The Kier molecular flexibility index (Phi) is 6.58. The Bertz CT molecular complexity index is 1130. The van der Waals surface area contributed by atoms with Crippen LogP contribution in [0.5, 0.6) is 11.5 Å². The number of nitrogens with one attached hydrogen (secondary N) is 2. The van der Waals surface area contributed by atoms with Crippen molar-refractivity contribution in [3.05, 3.63) is 78.4 Å². The SMILES string of the molecule is CCOc1ccc(NS(=O)(=O)c2cccc(C(=O)Nc3ccccc3OC)c2)cc1. The summed E-state index contributed by atoms with van der Waals surface area (Å²) in [6.45, 7) is 2.39. The van der Waals surface area contributed by atoms with Gasteiger partial charge in [0.15, 0.2) is 0 Å². The Morgan fingerprint density at radius 2 is 1.70 bits per heavy atom. The Balaban J connectivity index is 1.78. The minimum absolute atomic E-state index is 0.0240. The summed E-state index contributed by atoms with van der Waals surface area (Å²) in [5, 5.41) is 2.73. The van der Waals surface area contributed by atoms with E-state index in [4.69, 9.17) is 9.47 Å². The number of carbonyl (C=O) groups excluding carboxylic acids is 1. The minimum atomic E-state index is -3.88. The largest absolute Gasteiger partial charge is 0.495 e. The van der Waals surface area contributed by atoms with Gasteiger partial charge in [0, 0.05) is 11.3 Å². The van der Waals surface area contributed by atoms with Gasteiger partial charge in [-0.2, -0.15) is 0 Å². The highest BCUT2D eigenvalue weighted by Gasteiger charge is 2.17. The zero-order chi connectivity index (χ0) is 21.6. The van der Waals surface area contributed by atoms with Crippen molar-refractivity contribution in [3.63, 3.8) is 0 Å². The molecule has 0 aliphatic carbocycles. The van der Waals surface area contributed by atoms with E-state index in [1.807, 2.05) is 6.92 Å².